The van der Waals surface area contributed by atoms with Crippen LogP contribution < -0.4 is 5.73 Å². The zero-order valence-electron chi connectivity index (χ0n) is 9.70. The molecule has 0 aliphatic heterocycles. The van der Waals surface area contributed by atoms with Crippen LogP contribution in [0.1, 0.15) is 13.3 Å². The average Bonchev–Trinajstić information content (AvgIpc) is 2.24. The first-order valence-electron chi connectivity index (χ1n) is 5.30. The second-order valence-electron chi connectivity index (χ2n) is 3.21. The summed E-state index contributed by atoms with van der Waals surface area (Å²) >= 11 is 0. The molecule has 0 fully saturated rings. The highest BCUT2D eigenvalue weighted by Gasteiger charge is 2.11. The molecule has 0 unspecified atom stereocenters. The Morgan fingerprint density at radius 1 is 1.33 bits per heavy atom. The Morgan fingerprint density at radius 3 is 2.60 bits per heavy atom. The Labute approximate surface area is 91.5 Å². The first-order chi connectivity index (χ1) is 7.26. The molecule has 2 N–H and O–H groups in total. The summed E-state index contributed by atoms with van der Waals surface area (Å²) in [7, 11) is 1.61. The molecule has 0 aromatic rings. The molecule has 0 radical (unpaired) electrons. The number of ether oxygens (including phenoxy) is 2. The first-order valence-corrected chi connectivity index (χ1v) is 5.30. The van der Waals surface area contributed by atoms with Crippen molar-refractivity contribution in [1.82, 2.24) is 4.90 Å². The molecule has 0 saturated carbocycles. The van der Waals surface area contributed by atoms with Crippen molar-refractivity contribution in [1.29, 1.82) is 0 Å². The van der Waals surface area contributed by atoms with Crippen molar-refractivity contribution in [3.63, 3.8) is 0 Å². The van der Waals surface area contributed by atoms with Gasteiger partial charge < -0.3 is 20.1 Å². The zero-order valence-corrected chi connectivity index (χ0v) is 9.70. The molecule has 90 valence electrons. The number of methoxy groups -OCH3 is 1. The van der Waals surface area contributed by atoms with Crippen molar-refractivity contribution in [2.75, 3.05) is 46.6 Å². The fraction of sp³-hybridized carbons (Fsp3) is 0.900. The lowest BCUT2D eigenvalue weighted by atomic mass is 10.4. The van der Waals surface area contributed by atoms with E-state index in [2.05, 4.69) is 0 Å². The van der Waals surface area contributed by atoms with E-state index in [-0.39, 0.29) is 12.5 Å². The second kappa shape index (κ2) is 9.89. The molecule has 0 spiro atoms. The SMILES string of the molecule is CCCOCC(=O)N(CCN)CCOC. The first kappa shape index (κ1) is 14.3. The summed E-state index contributed by atoms with van der Waals surface area (Å²) in [4.78, 5) is 13.3. The lowest BCUT2D eigenvalue weighted by Crippen LogP contribution is -2.39. The molecule has 0 aromatic carbocycles. The number of carbonyl (C=O) groups excluding carboxylic acids is 1. The number of carbonyl (C=O) groups is 1. The fourth-order valence-electron chi connectivity index (χ4n) is 1.11. The molecule has 1 amide bonds. The Kier molecular flexibility index (Phi) is 9.46. The maximum absolute atomic E-state index is 11.6. The van der Waals surface area contributed by atoms with E-state index in [1.165, 1.54) is 0 Å². The maximum Gasteiger partial charge on any atom is 0.248 e. The van der Waals surface area contributed by atoms with Gasteiger partial charge in [0.2, 0.25) is 5.91 Å². The standard InChI is InChI=1S/C10H22N2O3/c1-3-7-15-9-10(13)12(5-4-11)6-8-14-2/h3-9,11H2,1-2H3. The molecule has 5 nitrogen and oxygen atoms in total. The summed E-state index contributed by atoms with van der Waals surface area (Å²) in [5.74, 6) is -0.0223. The number of amides is 1. The molecular formula is C10H22N2O3. The van der Waals surface area contributed by atoms with Gasteiger partial charge in [-0.05, 0) is 6.42 Å². The summed E-state index contributed by atoms with van der Waals surface area (Å²) in [5, 5.41) is 0. The van der Waals surface area contributed by atoms with Gasteiger partial charge in [-0.3, -0.25) is 4.79 Å². The maximum atomic E-state index is 11.6. The molecule has 0 saturated heterocycles. The average molecular weight is 218 g/mol. The van der Waals surface area contributed by atoms with Crippen molar-refractivity contribution < 1.29 is 14.3 Å². The lowest BCUT2D eigenvalue weighted by molar-refractivity contribution is -0.136. The van der Waals surface area contributed by atoms with Crippen LogP contribution in [0.2, 0.25) is 0 Å². The largest absolute Gasteiger partial charge is 0.383 e. The summed E-state index contributed by atoms with van der Waals surface area (Å²) < 4.78 is 10.1. The summed E-state index contributed by atoms with van der Waals surface area (Å²) in [5.41, 5.74) is 5.42. The minimum Gasteiger partial charge on any atom is -0.383 e. The van der Waals surface area contributed by atoms with Crippen LogP contribution in [0.25, 0.3) is 0 Å². The lowest BCUT2D eigenvalue weighted by Gasteiger charge is -2.21. The molecular weight excluding hydrogens is 196 g/mol. The predicted octanol–water partition coefficient (Wildman–Crippen LogP) is -0.153. The van der Waals surface area contributed by atoms with E-state index in [0.29, 0.717) is 32.8 Å². The molecule has 0 atom stereocenters. The van der Waals surface area contributed by atoms with E-state index in [4.69, 9.17) is 15.2 Å². The minimum absolute atomic E-state index is 0.0223. The summed E-state index contributed by atoms with van der Waals surface area (Å²) in [6.45, 7) is 4.87. The van der Waals surface area contributed by atoms with Crippen LogP contribution in [0.5, 0.6) is 0 Å². The van der Waals surface area contributed by atoms with Gasteiger partial charge in [-0.15, -0.1) is 0 Å². The van der Waals surface area contributed by atoms with Crippen molar-refractivity contribution in [3.8, 4) is 0 Å². The third-order valence-electron chi connectivity index (χ3n) is 1.89. The van der Waals surface area contributed by atoms with Gasteiger partial charge in [0.15, 0.2) is 0 Å². The highest BCUT2D eigenvalue weighted by Crippen LogP contribution is 1.91. The monoisotopic (exact) mass is 218 g/mol. The smallest absolute Gasteiger partial charge is 0.248 e. The van der Waals surface area contributed by atoms with Crippen LogP contribution in [0.3, 0.4) is 0 Å². The van der Waals surface area contributed by atoms with Gasteiger partial charge in [0.25, 0.3) is 0 Å². The number of nitrogens with two attached hydrogens (primary N) is 1. The van der Waals surface area contributed by atoms with Crippen LogP contribution in [0, 0.1) is 0 Å². The van der Waals surface area contributed by atoms with Crippen molar-refractivity contribution in [2.45, 2.75) is 13.3 Å². The Balaban J connectivity index is 3.81. The van der Waals surface area contributed by atoms with Gasteiger partial charge in [0, 0.05) is 33.4 Å². The van der Waals surface area contributed by atoms with Crippen LogP contribution in [-0.2, 0) is 14.3 Å². The van der Waals surface area contributed by atoms with Crippen molar-refractivity contribution >= 4 is 5.91 Å². The third-order valence-corrected chi connectivity index (χ3v) is 1.89. The van der Waals surface area contributed by atoms with E-state index in [1.54, 1.807) is 12.0 Å². The molecule has 0 bridgehead atoms. The Bertz CT molecular complexity index is 165. The molecule has 0 aliphatic rings. The van der Waals surface area contributed by atoms with Crippen molar-refractivity contribution in [2.24, 2.45) is 5.73 Å². The molecule has 0 aromatic heterocycles. The van der Waals surface area contributed by atoms with E-state index in [9.17, 15) is 4.79 Å². The minimum atomic E-state index is -0.0223. The highest BCUT2D eigenvalue weighted by atomic mass is 16.5. The third kappa shape index (κ3) is 7.30. The second-order valence-corrected chi connectivity index (χ2v) is 3.21. The van der Waals surface area contributed by atoms with Gasteiger partial charge in [-0.25, -0.2) is 0 Å². The normalized spacial score (nSPS) is 10.3. The van der Waals surface area contributed by atoms with Crippen molar-refractivity contribution in [3.05, 3.63) is 0 Å². The number of hydrogen-bond donors (Lipinski definition) is 1. The molecule has 15 heavy (non-hydrogen) atoms. The van der Waals surface area contributed by atoms with Gasteiger partial charge in [0.05, 0.1) is 6.61 Å². The molecule has 5 heteroatoms. The molecule has 0 rings (SSSR count). The quantitative estimate of drug-likeness (QED) is 0.546. The van der Waals surface area contributed by atoms with Crippen LogP contribution in [-0.4, -0.2) is 57.4 Å². The topological polar surface area (TPSA) is 64.8 Å². The van der Waals surface area contributed by atoms with E-state index >= 15 is 0 Å². The van der Waals surface area contributed by atoms with Crippen LogP contribution >= 0.6 is 0 Å². The van der Waals surface area contributed by atoms with E-state index in [1.807, 2.05) is 6.92 Å². The van der Waals surface area contributed by atoms with E-state index in [0.717, 1.165) is 6.42 Å². The van der Waals surface area contributed by atoms with Gasteiger partial charge in [-0.2, -0.15) is 0 Å². The van der Waals surface area contributed by atoms with Crippen LogP contribution in [0.15, 0.2) is 0 Å². The number of nitrogens with zero attached hydrogens (tertiary/aromatic N) is 1. The Morgan fingerprint density at radius 2 is 2.07 bits per heavy atom. The fourth-order valence-corrected chi connectivity index (χ4v) is 1.11. The number of rotatable bonds is 9. The van der Waals surface area contributed by atoms with E-state index < -0.39 is 0 Å². The van der Waals surface area contributed by atoms with Gasteiger partial charge in [-0.1, -0.05) is 6.92 Å². The summed E-state index contributed by atoms with van der Waals surface area (Å²) in [6, 6.07) is 0. The molecule has 0 heterocycles. The van der Waals surface area contributed by atoms with Gasteiger partial charge >= 0.3 is 0 Å². The molecule has 0 aliphatic carbocycles. The van der Waals surface area contributed by atoms with Gasteiger partial charge in [0.1, 0.15) is 6.61 Å². The highest BCUT2D eigenvalue weighted by molar-refractivity contribution is 5.77. The predicted molar refractivity (Wildman–Crippen MR) is 58.6 cm³/mol. The number of hydrogen-bond acceptors (Lipinski definition) is 4. The Hall–Kier alpha value is -0.650. The van der Waals surface area contributed by atoms with Crippen LogP contribution in [0.4, 0.5) is 0 Å². The summed E-state index contributed by atoms with van der Waals surface area (Å²) in [6.07, 6.45) is 0.919. The zero-order chi connectivity index (χ0) is 11.5.